The molecule has 3 aromatic carbocycles. The number of aromatic nitrogens is 2. The van der Waals surface area contributed by atoms with Gasteiger partial charge in [0.1, 0.15) is 0 Å². The number of hydrogen-bond donors (Lipinski definition) is 0. The summed E-state index contributed by atoms with van der Waals surface area (Å²) in [6.07, 6.45) is 0.0227. The molecule has 0 aliphatic heterocycles. The van der Waals surface area contributed by atoms with Crippen LogP contribution in [0.4, 0.5) is 0 Å². The van der Waals surface area contributed by atoms with E-state index in [-0.39, 0.29) is 107 Å². The predicted octanol–water partition coefficient (Wildman–Crippen LogP) is -3.50. The zero-order valence-corrected chi connectivity index (χ0v) is 27.6. The maximum atomic E-state index is 13.6. The molecule has 0 bridgehead atoms. The average Bonchev–Trinajstić information content (AvgIpc) is 2.86. The largest absolute Gasteiger partial charge is 1.00 e. The normalized spacial score (nSPS) is 12.1. The van der Waals surface area contributed by atoms with E-state index in [0.29, 0.717) is 32.8 Å². The molecular formula is C26H22N2Na2O8S2. The van der Waals surface area contributed by atoms with E-state index in [1.165, 1.54) is 0 Å². The predicted molar refractivity (Wildman–Crippen MR) is 143 cm³/mol. The van der Waals surface area contributed by atoms with Crippen LogP contribution in [-0.2, 0) is 33.3 Å². The van der Waals surface area contributed by atoms with Gasteiger partial charge in [-0.05, 0) is 49.2 Å². The van der Waals surface area contributed by atoms with Crippen molar-refractivity contribution in [2.75, 3.05) is 11.5 Å². The Kier molecular flexibility index (Phi) is 10.5. The average molecular weight is 601 g/mol. The summed E-state index contributed by atoms with van der Waals surface area (Å²) in [4.78, 5) is 27.1. The molecule has 0 saturated heterocycles. The summed E-state index contributed by atoms with van der Waals surface area (Å²) in [6, 6.07) is 16.8. The summed E-state index contributed by atoms with van der Waals surface area (Å²) in [5.41, 5.74) is 1.30. The number of rotatable bonds is 8. The Hall–Kier alpha value is -1.58. The second-order valence-corrected chi connectivity index (χ2v) is 12.2. The summed E-state index contributed by atoms with van der Waals surface area (Å²) in [6.45, 7) is 0.237. The van der Waals surface area contributed by atoms with Crippen LogP contribution in [0.5, 0.6) is 0 Å². The minimum Gasteiger partial charge on any atom is -0.748 e. The first-order valence-corrected chi connectivity index (χ1v) is 15.0. The van der Waals surface area contributed by atoms with E-state index < -0.39 is 31.7 Å². The standard InChI is InChI=1S/C26H24N2O8S2.2Na/c29-25-17-7-1-3-9-21(17)27(11-5-13-37(31,32)33)23-16-20-24(15-19(23)25)28(12-6-14-38(34,35)36)22-10-4-2-8-18(22)26(20)30;;/h1-4,7-10,15-16H,5-6,11-14H2,(H,31,32,33)(H,34,35,36);;/q;2*+1/p-2. The van der Waals surface area contributed by atoms with Gasteiger partial charge in [-0.2, -0.15) is 0 Å². The monoisotopic (exact) mass is 600 g/mol. The minimum absolute atomic E-state index is 0. The molecule has 198 valence electrons. The Bertz CT molecular complexity index is 1940. The first kappa shape index (κ1) is 32.9. The SMILES string of the molecule is O=c1c2ccccc2n(CCCS(=O)(=O)[O-])c2cc3c(=O)c4ccccc4n(CCCS(=O)(=O)[O-])c3cc12.[Na+].[Na+]. The fourth-order valence-corrected chi connectivity index (χ4v) is 5.98. The van der Waals surface area contributed by atoms with Crippen molar-refractivity contribution in [1.82, 2.24) is 9.13 Å². The van der Waals surface area contributed by atoms with Crippen molar-refractivity contribution in [3.63, 3.8) is 0 Å². The third-order valence-electron chi connectivity index (χ3n) is 6.62. The van der Waals surface area contributed by atoms with Crippen LogP contribution in [0.3, 0.4) is 0 Å². The fourth-order valence-electron chi connectivity index (χ4n) is 5.02. The van der Waals surface area contributed by atoms with Crippen molar-refractivity contribution in [2.45, 2.75) is 25.9 Å². The molecule has 0 aliphatic rings. The van der Waals surface area contributed by atoms with E-state index in [1.807, 2.05) is 0 Å². The van der Waals surface area contributed by atoms with Crippen LogP contribution < -0.4 is 70.0 Å². The van der Waals surface area contributed by atoms with Gasteiger partial charge in [0.05, 0.1) is 42.3 Å². The number of benzene rings is 3. The molecule has 40 heavy (non-hydrogen) atoms. The first-order valence-electron chi connectivity index (χ1n) is 11.8. The number of para-hydroxylation sites is 2. The van der Waals surface area contributed by atoms with E-state index in [2.05, 4.69) is 0 Å². The van der Waals surface area contributed by atoms with Crippen LogP contribution in [0.1, 0.15) is 12.8 Å². The fraction of sp³-hybridized carbons (Fsp3) is 0.231. The Labute approximate surface area is 274 Å². The van der Waals surface area contributed by atoms with Gasteiger partial charge in [-0.1, -0.05) is 24.3 Å². The Morgan fingerprint density at radius 2 is 0.900 bits per heavy atom. The van der Waals surface area contributed by atoms with Crippen molar-refractivity contribution in [3.05, 3.63) is 81.1 Å². The summed E-state index contributed by atoms with van der Waals surface area (Å²) < 4.78 is 70.8. The van der Waals surface area contributed by atoms with Crippen LogP contribution in [0.2, 0.25) is 0 Å². The molecule has 0 amide bonds. The summed E-state index contributed by atoms with van der Waals surface area (Å²) in [7, 11) is -8.89. The molecule has 0 saturated carbocycles. The molecule has 10 nitrogen and oxygen atoms in total. The van der Waals surface area contributed by atoms with Crippen LogP contribution in [0, 0.1) is 0 Å². The maximum Gasteiger partial charge on any atom is 1.00 e. The van der Waals surface area contributed by atoms with Crippen LogP contribution in [0.25, 0.3) is 43.6 Å². The number of fused-ring (bicyclic) bond motifs is 4. The molecule has 0 N–H and O–H groups in total. The molecule has 2 heterocycles. The van der Waals surface area contributed by atoms with Gasteiger partial charge in [-0.15, -0.1) is 0 Å². The zero-order valence-electron chi connectivity index (χ0n) is 22.0. The number of hydrogen-bond acceptors (Lipinski definition) is 8. The van der Waals surface area contributed by atoms with Crippen molar-refractivity contribution < 1.29 is 85.1 Å². The van der Waals surface area contributed by atoms with Gasteiger partial charge >= 0.3 is 59.1 Å². The first-order chi connectivity index (χ1) is 17.9. The molecule has 5 aromatic rings. The van der Waals surface area contributed by atoms with Gasteiger partial charge in [0.2, 0.25) is 0 Å². The molecule has 0 unspecified atom stereocenters. The number of pyridine rings is 2. The second-order valence-electron chi connectivity index (χ2n) is 9.11. The summed E-state index contributed by atoms with van der Waals surface area (Å²) in [5, 5.41) is 1.33. The third kappa shape index (κ3) is 6.73. The van der Waals surface area contributed by atoms with Crippen LogP contribution in [0.15, 0.2) is 70.3 Å². The molecular weight excluding hydrogens is 578 g/mol. The smallest absolute Gasteiger partial charge is 0.748 e. The third-order valence-corrected chi connectivity index (χ3v) is 8.19. The van der Waals surface area contributed by atoms with Gasteiger partial charge in [0, 0.05) is 46.1 Å². The summed E-state index contributed by atoms with van der Waals surface area (Å²) in [5.74, 6) is -1.16. The van der Waals surface area contributed by atoms with Crippen molar-refractivity contribution >= 4 is 63.8 Å². The molecule has 5 rings (SSSR count). The molecule has 0 radical (unpaired) electrons. The van der Waals surface area contributed by atoms with Crippen LogP contribution in [-0.4, -0.2) is 46.6 Å². The van der Waals surface area contributed by atoms with Crippen LogP contribution >= 0.6 is 0 Å². The topological polar surface area (TPSA) is 158 Å². The van der Waals surface area contributed by atoms with E-state index in [1.54, 1.807) is 69.8 Å². The molecule has 0 spiro atoms. The number of nitrogens with zero attached hydrogens (tertiary/aromatic N) is 2. The van der Waals surface area contributed by atoms with Gasteiger partial charge in [-0.25, -0.2) is 16.8 Å². The van der Waals surface area contributed by atoms with E-state index >= 15 is 0 Å². The van der Waals surface area contributed by atoms with E-state index in [9.17, 15) is 35.5 Å². The van der Waals surface area contributed by atoms with Crippen molar-refractivity contribution in [1.29, 1.82) is 0 Å². The van der Waals surface area contributed by atoms with Gasteiger partial charge in [0.15, 0.2) is 10.9 Å². The molecule has 0 atom stereocenters. The van der Waals surface area contributed by atoms with E-state index in [4.69, 9.17) is 0 Å². The maximum absolute atomic E-state index is 13.6. The van der Waals surface area contributed by atoms with Gasteiger partial charge < -0.3 is 18.2 Å². The summed E-state index contributed by atoms with van der Waals surface area (Å²) >= 11 is 0. The molecule has 2 aromatic heterocycles. The molecule has 14 heteroatoms. The second kappa shape index (κ2) is 12.7. The Morgan fingerprint density at radius 1 is 0.550 bits per heavy atom. The Balaban J connectivity index is 0.00000220. The molecule has 0 fully saturated rings. The van der Waals surface area contributed by atoms with Gasteiger partial charge in [-0.3, -0.25) is 9.59 Å². The minimum atomic E-state index is -4.44. The van der Waals surface area contributed by atoms with Crippen molar-refractivity contribution in [3.8, 4) is 0 Å². The molecule has 0 aliphatic carbocycles. The Morgan fingerprint density at radius 3 is 1.25 bits per heavy atom. The zero-order chi connectivity index (χ0) is 27.2. The van der Waals surface area contributed by atoms with Crippen molar-refractivity contribution in [2.24, 2.45) is 0 Å². The van der Waals surface area contributed by atoms with Gasteiger partial charge in [0.25, 0.3) is 0 Å². The number of aryl methyl sites for hydroxylation is 2. The quantitative estimate of drug-likeness (QED) is 0.101. The van der Waals surface area contributed by atoms with E-state index in [0.717, 1.165) is 0 Å².